The van der Waals surface area contributed by atoms with E-state index in [1.165, 1.54) is 11.8 Å². The van der Waals surface area contributed by atoms with Crippen molar-refractivity contribution in [3.05, 3.63) is 56.8 Å². The molecule has 2 aromatic rings. The Kier molecular flexibility index (Phi) is 8.56. The van der Waals surface area contributed by atoms with Crippen LogP contribution in [0.3, 0.4) is 0 Å². The third kappa shape index (κ3) is 6.37. The van der Waals surface area contributed by atoms with Gasteiger partial charge >= 0.3 is 6.03 Å². The number of hydrogen-bond acceptors (Lipinski definition) is 5. The maximum absolute atomic E-state index is 13.7. The molecule has 0 bridgehead atoms. The van der Waals surface area contributed by atoms with Crippen LogP contribution in [0.5, 0.6) is 5.75 Å². The summed E-state index contributed by atoms with van der Waals surface area (Å²) in [6, 6.07) is 6.73. The van der Waals surface area contributed by atoms with Gasteiger partial charge in [-0.05, 0) is 62.4 Å². The molecular formula is C24H27Cl3FN3O4S. The van der Waals surface area contributed by atoms with E-state index in [0.717, 1.165) is 50.9 Å². The number of ether oxygens (including phenoxy) is 1. The fourth-order valence-corrected chi connectivity index (χ4v) is 6.47. The molecule has 2 aliphatic rings. The van der Waals surface area contributed by atoms with E-state index in [-0.39, 0.29) is 21.6 Å². The number of nitrogens with zero attached hydrogens (tertiary/aromatic N) is 2. The highest BCUT2D eigenvalue weighted by Gasteiger charge is 2.32. The van der Waals surface area contributed by atoms with Crippen LogP contribution in [0.15, 0.2) is 35.2 Å². The smallest absolute Gasteiger partial charge is 0.331 e. The van der Waals surface area contributed by atoms with Gasteiger partial charge in [0.15, 0.2) is 0 Å². The molecule has 2 saturated heterocycles. The van der Waals surface area contributed by atoms with Gasteiger partial charge in [0.2, 0.25) is 0 Å². The Morgan fingerprint density at radius 2 is 1.64 bits per heavy atom. The van der Waals surface area contributed by atoms with Crippen LogP contribution in [-0.2, 0) is 10.0 Å². The number of likely N-dealkylation sites (tertiary alicyclic amines) is 2. The van der Waals surface area contributed by atoms with Crippen molar-refractivity contribution in [2.24, 2.45) is 0 Å². The van der Waals surface area contributed by atoms with Crippen LogP contribution in [-0.4, -0.2) is 62.6 Å². The number of hydrogen-bond donors (Lipinski definition) is 1. The first-order valence-electron chi connectivity index (χ1n) is 11.7. The van der Waals surface area contributed by atoms with Gasteiger partial charge in [0, 0.05) is 43.3 Å². The Morgan fingerprint density at radius 3 is 2.28 bits per heavy atom. The summed E-state index contributed by atoms with van der Waals surface area (Å²) in [5.74, 6) is -0.0850. The van der Waals surface area contributed by atoms with E-state index in [1.54, 1.807) is 12.1 Å². The van der Waals surface area contributed by atoms with Crippen LogP contribution in [0, 0.1) is 12.7 Å². The molecule has 2 aromatic carbocycles. The lowest BCUT2D eigenvalue weighted by atomic mass is 9.99. The first-order valence-corrected chi connectivity index (χ1v) is 14.3. The Balaban J connectivity index is 1.26. The predicted molar refractivity (Wildman–Crippen MR) is 138 cm³/mol. The molecule has 196 valence electrons. The van der Waals surface area contributed by atoms with Gasteiger partial charge in [0.1, 0.15) is 17.7 Å². The lowest BCUT2D eigenvalue weighted by molar-refractivity contribution is 0.0540. The standard InChI is InChI=1S/C24H27Cl3FN3O4S/c1-15-21(26)12-16(28)13-23(15)36(33,34)29-24(32)31-8-4-17(5-9-31)30-10-6-18(7-11-30)35-19-2-3-20(25)22(27)14-19/h2-3,12-14,17-18H,4-11H2,1H3,(H,29,32). The van der Waals surface area contributed by atoms with Crippen LogP contribution >= 0.6 is 34.8 Å². The van der Waals surface area contributed by atoms with E-state index in [1.807, 2.05) is 6.07 Å². The van der Waals surface area contributed by atoms with Gasteiger partial charge < -0.3 is 9.64 Å². The summed E-state index contributed by atoms with van der Waals surface area (Å²) in [4.78, 5) is 16.2. The number of nitrogens with one attached hydrogen (secondary N) is 1. The minimum absolute atomic E-state index is 0.0187. The van der Waals surface area contributed by atoms with Crippen LogP contribution in [0.4, 0.5) is 9.18 Å². The average Bonchev–Trinajstić information content (AvgIpc) is 2.84. The Labute approximate surface area is 225 Å². The van der Waals surface area contributed by atoms with E-state index in [4.69, 9.17) is 39.5 Å². The zero-order valence-electron chi connectivity index (χ0n) is 19.6. The van der Waals surface area contributed by atoms with Gasteiger partial charge in [-0.1, -0.05) is 34.8 Å². The molecule has 2 aliphatic heterocycles. The van der Waals surface area contributed by atoms with Gasteiger partial charge in [-0.15, -0.1) is 0 Å². The maximum Gasteiger partial charge on any atom is 0.331 e. The first kappa shape index (κ1) is 27.3. The van der Waals surface area contributed by atoms with Crippen LogP contribution in [0.2, 0.25) is 15.1 Å². The predicted octanol–water partition coefficient (Wildman–Crippen LogP) is 5.50. The molecule has 2 amide bonds. The number of benzene rings is 2. The quantitative estimate of drug-likeness (QED) is 0.507. The highest BCUT2D eigenvalue weighted by molar-refractivity contribution is 7.90. The van der Waals surface area contributed by atoms with Crippen molar-refractivity contribution < 1.29 is 22.3 Å². The minimum Gasteiger partial charge on any atom is -0.490 e. The van der Waals surface area contributed by atoms with Gasteiger partial charge in [-0.3, -0.25) is 4.90 Å². The number of rotatable bonds is 5. The monoisotopic (exact) mass is 577 g/mol. The molecule has 0 saturated carbocycles. The fraction of sp³-hybridized carbons (Fsp3) is 0.458. The summed E-state index contributed by atoms with van der Waals surface area (Å²) in [5.41, 5.74) is 0.184. The third-order valence-electron chi connectivity index (χ3n) is 6.71. The highest BCUT2D eigenvalue weighted by Crippen LogP contribution is 2.29. The second-order valence-corrected chi connectivity index (χ2v) is 11.9. The van der Waals surface area contributed by atoms with Crippen molar-refractivity contribution in [3.8, 4) is 5.75 Å². The SMILES string of the molecule is Cc1c(Cl)cc(F)cc1S(=O)(=O)NC(=O)N1CCC(N2CCC(Oc3ccc(Cl)c(Cl)c3)CC2)CC1. The third-order valence-corrected chi connectivity index (χ3v) is 9.29. The molecule has 0 spiro atoms. The fourth-order valence-electron chi connectivity index (χ4n) is 4.67. The van der Waals surface area contributed by atoms with Crippen molar-refractivity contribution >= 4 is 50.9 Å². The maximum atomic E-state index is 13.7. The Morgan fingerprint density at radius 1 is 0.972 bits per heavy atom. The zero-order chi connectivity index (χ0) is 26.0. The second-order valence-electron chi connectivity index (χ2n) is 9.07. The molecular weight excluding hydrogens is 552 g/mol. The van der Waals surface area contributed by atoms with E-state index in [9.17, 15) is 17.6 Å². The largest absolute Gasteiger partial charge is 0.490 e. The second kappa shape index (κ2) is 11.3. The molecule has 0 aliphatic carbocycles. The van der Waals surface area contributed by atoms with Crippen molar-refractivity contribution in [1.29, 1.82) is 0 Å². The minimum atomic E-state index is -4.26. The van der Waals surface area contributed by atoms with Crippen molar-refractivity contribution in [3.63, 3.8) is 0 Å². The first-order chi connectivity index (χ1) is 17.0. The number of sulfonamides is 1. The van der Waals surface area contributed by atoms with Crippen molar-refractivity contribution in [2.75, 3.05) is 26.2 Å². The van der Waals surface area contributed by atoms with Crippen molar-refractivity contribution in [1.82, 2.24) is 14.5 Å². The molecule has 2 heterocycles. The van der Waals surface area contributed by atoms with Crippen LogP contribution in [0.1, 0.15) is 31.2 Å². The summed E-state index contributed by atoms with van der Waals surface area (Å²) in [6.45, 7) is 4.06. The molecule has 0 aromatic heterocycles. The molecule has 0 atom stereocenters. The lowest BCUT2D eigenvalue weighted by Gasteiger charge is -2.41. The number of urea groups is 1. The summed E-state index contributed by atoms with van der Waals surface area (Å²) >= 11 is 17.9. The summed E-state index contributed by atoms with van der Waals surface area (Å²) in [5, 5.41) is 0.935. The molecule has 2 fully saturated rings. The van der Waals surface area contributed by atoms with E-state index >= 15 is 0 Å². The Bertz CT molecular complexity index is 1230. The molecule has 4 rings (SSSR count). The van der Waals surface area contributed by atoms with Crippen LogP contribution < -0.4 is 9.46 Å². The number of carbonyl (C=O) groups is 1. The zero-order valence-corrected chi connectivity index (χ0v) is 22.7. The summed E-state index contributed by atoms with van der Waals surface area (Å²) in [6.07, 6.45) is 3.30. The Hall–Kier alpha value is -1.78. The number of carbonyl (C=O) groups excluding carboxylic acids is 1. The van der Waals surface area contributed by atoms with E-state index < -0.39 is 21.9 Å². The number of piperidine rings is 2. The van der Waals surface area contributed by atoms with Gasteiger partial charge in [0.05, 0.1) is 14.9 Å². The topological polar surface area (TPSA) is 79.0 Å². The molecule has 0 unspecified atom stereocenters. The van der Waals surface area contributed by atoms with Crippen LogP contribution in [0.25, 0.3) is 0 Å². The van der Waals surface area contributed by atoms with Gasteiger partial charge in [-0.25, -0.2) is 22.3 Å². The van der Waals surface area contributed by atoms with Gasteiger partial charge in [-0.2, -0.15) is 0 Å². The summed E-state index contributed by atoms with van der Waals surface area (Å²) < 4.78 is 47.2. The molecule has 12 heteroatoms. The highest BCUT2D eigenvalue weighted by atomic mass is 35.5. The van der Waals surface area contributed by atoms with Crippen molar-refractivity contribution in [2.45, 2.75) is 49.6 Å². The summed E-state index contributed by atoms with van der Waals surface area (Å²) in [7, 11) is -4.26. The average molecular weight is 579 g/mol. The van der Waals surface area contributed by atoms with E-state index in [0.29, 0.717) is 34.9 Å². The molecule has 0 radical (unpaired) electrons. The normalized spacial score (nSPS) is 18.3. The lowest BCUT2D eigenvalue weighted by Crippen LogP contribution is -2.52. The van der Waals surface area contributed by atoms with E-state index in [2.05, 4.69) is 9.62 Å². The molecule has 7 nitrogen and oxygen atoms in total. The molecule has 36 heavy (non-hydrogen) atoms. The molecule has 1 N–H and O–H groups in total. The van der Waals surface area contributed by atoms with Gasteiger partial charge in [0.25, 0.3) is 10.0 Å². The number of amides is 2. The number of halogens is 4.